The summed E-state index contributed by atoms with van der Waals surface area (Å²) in [5, 5.41) is 21.1. The zero-order valence-electron chi connectivity index (χ0n) is 30.2. The second-order valence-electron chi connectivity index (χ2n) is 15.4. The highest BCUT2D eigenvalue weighted by Gasteiger charge is 2.30. The molecule has 4 aromatic carbocycles. The summed E-state index contributed by atoms with van der Waals surface area (Å²) in [6, 6.07) is 20.6. The maximum atomic E-state index is 13.1. The van der Waals surface area contributed by atoms with Gasteiger partial charge in [0.1, 0.15) is 44.9 Å². The molecule has 0 aliphatic carbocycles. The van der Waals surface area contributed by atoms with E-state index in [-0.39, 0.29) is 58.4 Å². The van der Waals surface area contributed by atoms with Crippen molar-refractivity contribution in [3.63, 3.8) is 0 Å². The molecule has 4 aromatic heterocycles. The lowest BCUT2D eigenvalue weighted by molar-refractivity contribution is 0.144. The molecule has 8 rings (SSSR count). The van der Waals surface area contributed by atoms with E-state index in [1.54, 1.807) is 55.3 Å². The molecule has 0 amide bonds. The smallest absolute Gasteiger partial charge is 0.240 e. The summed E-state index contributed by atoms with van der Waals surface area (Å²) in [6.07, 6.45) is 0. The summed E-state index contributed by atoms with van der Waals surface area (Å²) in [7, 11) is -7.71. The molecule has 4 heterocycles. The molecule has 0 fully saturated rings. The Labute approximate surface area is 305 Å². The van der Waals surface area contributed by atoms with Crippen LogP contribution in [0.5, 0.6) is 11.5 Å². The fourth-order valence-corrected chi connectivity index (χ4v) is 8.52. The monoisotopic (exact) mass is 762 g/mol. The lowest BCUT2D eigenvalue weighted by Gasteiger charge is -2.19. The van der Waals surface area contributed by atoms with Gasteiger partial charge in [-0.25, -0.2) is 26.3 Å². The molecule has 0 unspecified atom stereocenters. The highest BCUT2D eigenvalue weighted by atomic mass is 32.2. The second-order valence-corrected chi connectivity index (χ2v) is 18.9. The third-order valence-corrected chi connectivity index (χ3v) is 12.5. The SMILES string of the molecule is CC(C)(C)c1ccc(O)c(-n2n3c4ccc(S(=O)(=O)NCCOCCNS(=O)(=O)c5ccc6c(c5)n5n(-c7cc(C(C)(C)C)ccc7O)n65)cc4n23)c1. The Morgan fingerprint density at radius 1 is 0.547 bits per heavy atom. The molecular formula is C36H42N8O7S2. The number of aromatic nitrogens is 6. The van der Waals surface area contributed by atoms with E-state index in [0.717, 1.165) is 22.2 Å². The first-order valence-corrected chi connectivity index (χ1v) is 20.2. The van der Waals surface area contributed by atoms with Crippen LogP contribution in [-0.4, -0.2) is 81.5 Å². The average molecular weight is 763 g/mol. The predicted octanol–water partition coefficient (Wildman–Crippen LogP) is 4.43. The van der Waals surface area contributed by atoms with Crippen molar-refractivity contribution in [3.8, 4) is 22.9 Å². The van der Waals surface area contributed by atoms with Gasteiger partial charge >= 0.3 is 0 Å². The summed E-state index contributed by atoms with van der Waals surface area (Å²) in [5.74, 6) is 0.239. The van der Waals surface area contributed by atoms with Crippen molar-refractivity contribution >= 4 is 42.1 Å². The van der Waals surface area contributed by atoms with E-state index in [0.29, 0.717) is 22.4 Å². The second kappa shape index (κ2) is 11.8. The van der Waals surface area contributed by atoms with Gasteiger partial charge in [-0.15, -0.1) is 28.1 Å². The summed E-state index contributed by atoms with van der Waals surface area (Å²) < 4.78 is 70.1. The summed E-state index contributed by atoms with van der Waals surface area (Å²) in [4.78, 5) is 3.75. The van der Waals surface area contributed by atoms with E-state index in [9.17, 15) is 27.0 Å². The van der Waals surface area contributed by atoms with Crippen LogP contribution >= 0.6 is 0 Å². The number of benzene rings is 4. The van der Waals surface area contributed by atoms with E-state index in [1.165, 1.54) is 12.1 Å². The Balaban J connectivity index is 0.845. The van der Waals surface area contributed by atoms with E-state index in [1.807, 2.05) is 33.5 Å². The molecule has 8 aromatic rings. The van der Waals surface area contributed by atoms with Crippen LogP contribution < -0.4 is 9.44 Å². The van der Waals surface area contributed by atoms with E-state index in [2.05, 4.69) is 51.0 Å². The maximum absolute atomic E-state index is 13.1. The van der Waals surface area contributed by atoms with Crippen molar-refractivity contribution in [1.82, 2.24) is 37.6 Å². The summed E-state index contributed by atoms with van der Waals surface area (Å²) in [6.45, 7) is 12.6. The fraction of sp³-hybridized carbons (Fsp3) is 0.333. The van der Waals surface area contributed by atoms with Gasteiger partial charge in [0.2, 0.25) is 20.0 Å². The number of ether oxygens (including phenoxy) is 1. The van der Waals surface area contributed by atoms with Crippen LogP contribution in [0.3, 0.4) is 0 Å². The van der Waals surface area contributed by atoms with Gasteiger partial charge in [0.05, 0.1) is 23.0 Å². The first-order valence-electron chi connectivity index (χ1n) is 17.2. The predicted molar refractivity (Wildman–Crippen MR) is 200 cm³/mol. The Morgan fingerprint density at radius 2 is 0.925 bits per heavy atom. The molecule has 15 nitrogen and oxygen atoms in total. The molecule has 0 aliphatic rings. The number of nitrogens with zero attached hydrogens (tertiary/aromatic N) is 6. The maximum Gasteiger partial charge on any atom is 0.240 e. The molecule has 0 spiro atoms. The van der Waals surface area contributed by atoms with Crippen molar-refractivity contribution in [2.24, 2.45) is 0 Å². The largest absolute Gasteiger partial charge is 0.506 e. The summed E-state index contributed by atoms with van der Waals surface area (Å²) in [5.41, 5.74) is 6.11. The van der Waals surface area contributed by atoms with Crippen LogP contribution in [-0.2, 0) is 35.6 Å². The van der Waals surface area contributed by atoms with Crippen LogP contribution in [0.2, 0.25) is 0 Å². The van der Waals surface area contributed by atoms with E-state index < -0.39 is 20.0 Å². The molecule has 0 saturated carbocycles. The van der Waals surface area contributed by atoms with Gasteiger partial charge in [-0.1, -0.05) is 53.7 Å². The fourth-order valence-electron chi connectivity index (χ4n) is 6.45. The number of hydrogen-bond donors (Lipinski definition) is 4. The van der Waals surface area contributed by atoms with Gasteiger partial charge in [-0.05, 0) is 82.6 Å². The minimum absolute atomic E-state index is 0.0104. The van der Waals surface area contributed by atoms with Gasteiger partial charge in [-0.3, -0.25) is 0 Å². The minimum Gasteiger partial charge on any atom is -0.506 e. The highest BCUT2D eigenvalue weighted by Crippen LogP contribution is 2.36. The van der Waals surface area contributed by atoms with Crippen molar-refractivity contribution in [2.75, 3.05) is 26.3 Å². The number of aromatic hydroxyl groups is 2. The number of sulfonamides is 2. The number of hydrogen-bond acceptors (Lipinski definition) is 7. The van der Waals surface area contributed by atoms with Gasteiger partial charge in [-0.2, -0.15) is 0 Å². The van der Waals surface area contributed by atoms with Gasteiger partial charge in [0.25, 0.3) is 0 Å². The van der Waals surface area contributed by atoms with Crippen LogP contribution in [0.15, 0.2) is 82.6 Å². The third kappa shape index (κ3) is 5.92. The zero-order chi connectivity index (χ0) is 37.8. The number of rotatable bonds is 12. The third-order valence-electron chi connectivity index (χ3n) is 9.58. The molecule has 0 bridgehead atoms. The number of phenols is 2. The Hall–Kier alpha value is -4.94. The van der Waals surface area contributed by atoms with Crippen LogP contribution in [0.25, 0.3) is 33.4 Å². The number of nitrogens with one attached hydrogen (secondary N) is 2. The van der Waals surface area contributed by atoms with Crippen molar-refractivity contribution < 1.29 is 31.8 Å². The van der Waals surface area contributed by atoms with Gasteiger partial charge in [0, 0.05) is 13.1 Å². The van der Waals surface area contributed by atoms with Crippen LogP contribution in [0.4, 0.5) is 0 Å². The average Bonchev–Trinajstić information content (AvgIpc) is 3.94. The molecule has 0 aliphatic heterocycles. The molecule has 0 radical (unpaired) electrons. The summed E-state index contributed by atoms with van der Waals surface area (Å²) >= 11 is 0. The molecule has 53 heavy (non-hydrogen) atoms. The van der Waals surface area contributed by atoms with Gasteiger partial charge in [0.15, 0.2) is 0 Å². The Kier molecular flexibility index (Phi) is 7.80. The Morgan fingerprint density at radius 3 is 1.30 bits per heavy atom. The van der Waals surface area contributed by atoms with Crippen molar-refractivity contribution in [1.29, 1.82) is 0 Å². The topological polar surface area (TPSA) is 170 Å². The lowest BCUT2D eigenvalue weighted by atomic mass is 9.87. The quantitative estimate of drug-likeness (QED) is 0.134. The highest BCUT2D eigenvalue weighted by molar-refractivity contribution is 7.89. The first-order chi connectivity index (χ1) is 24.9. The zero-order valence-corrected chi connectivity index (χ0v) is 31.8. The molecule has 4 N–H and O–H groups in total. The van der Waals surface area contributed by atoms with Gasteiger partial charge < -0.3 is 14.9 Å². The van der Waals surface area contributed by atoms with Crippen molar-refractivity contribution in [2.45, 2.75) is 62.2 Å². The first kappa shape index (κ1) is 35.1. The Bertz CT molecular complexity index is 2660. The minimum atomic E-state index is -3.85. The molecule has 280 valence electrons. The van der Waals surface area contributed by atoms with Crippen molar-refractivity contribution in [3.05, 3.63) is 83.9 Å². The molecule has 0 saturated heterocycles. The number of fused-ring (bicyclic) bond motifs is 8. The molecule has 17 heteroatoms. The van der Waals surface area contributed by atoms with E-state index in [4.69, 9.17) is 4.74 Å². The van der Waals surface area contributed by atoms with Crippen LogP contribution in [0, 0.1) is 0 Å². The lowest BCUT2D eigenvalue weighted by Crippen LogP contribution is -2.30. The normalized spacial score (nSPS) is 13.7. The molecular weight excluding hydrogens is 721 g/mol. The van der Waals surface area contributed by atoms with Crippen LogP contribution in [0.1, 0.15) is 52.7 Å². The van der Waals surface area contributed by atoms with E-state index >= 15 is 0 Å². The standard InChI is InChI=1S/C36H42N8O7S2/c1-35(2,3)23-7-13-33(45)31(19-23)43-39-27-11-9-25(21-29(27)41(39)43)52(47,48)37-15-17-51-18-16-38-53(49,50)26-10-12-28-30(22-26)42-40(28)44(42)32-20-24(36(4,5)6)8-14-34(32)46/h7-14,19-22,37-38,45-46H,15-18H2,1-6H3. The number of phenolic OH excluding ortho intramolecular Hbond substituents is 2. The molecule has 0 atom stereocenters.